The van der Waals surface area contributed by atoms with Gasteiger partial charge in [-0.3, -0.25) is 9.69 Å². The molecule has 3 aliphatic rings. The van der Waals surface area contributed by atoms with Crippen LogP contribution in [-0.4, -0.2) is 74.1 Å². The number of carbonyl (C=O) groups excluding carboxylic acids is 1. The molecule has 1 aliphatic carbocycles. The SMILES string of the molecule is O=CNC1CCCCC(N2CCC(CN3CCN(c4ccccc4)CC3)CC2)CCCC1. The van der Waals surface area contributed by atoms with Crippen LogP contribution in [0.5, 0.6) is 0 Å². The second-order valence-electron chi connectivity index (χ2n) is 10.3. The van der Waals surface area contributed by atoms with Crippen LogP contribution in [0.15, 0.2) is 30.3 Å². The number of piperidine rings is 1. The fourth-order valence-corrected chi connectivity index (χ4v) is 6.15. The first-order chi connectivity index (χ1) is 15.8. The van der Waals surface area contributed by atoms with Crippen molar-refractivity contribution in [3.63, 3.8) is 0 Å². The highest BCUT2D eigenvalue weighted by molar-refractivity contribution is 5.46. The molecule has 0 spiro atoms. The van der Waals surface area contributed by atoms with E-state index < -0.39 is 0 Å². The molecule has 2 aliphatic heterocycles. The van der Waals surface area contributed by atoms with Gasteiger partial charge in [0.25, 0.3) is 0 Å². The van der Waals surface area contributed by atoms with Crippen molar-refractivity contribution in [1.82, 2.24) is 15.1 Å². The van der Waals surface area contributed by atoms with Crippen molar-refractivity contribution in [2.75, 3.05) is 50.7 Å². The lowest BCUT2D eigenvalue weighted by Crippen LogP contribution is -2.49. The Morgan fingerprint density at radius 3 is 2.03 bits per heavy atom. The number of likely N-dealkylation sites (tertiary alicyclic amines) is 1. The summed E-state index contributed by atoms with van der Waals surface area (Å²) < 4.78 is 0. The molecule has 3 fully saturated rings. The lowest BCUT2D eigenvalue weighted by molar-refractivity contribution is -0.110. The highest BCUT2D eigenvalue weighted by Crippen LogP contribution is 2.27. The predicted molar refractivity (Wildman–Crippen MR) is 133 cm³/mol. The van der Waals surface area contributed by atoms with Gasteiger partial charge in [0.05, 0.1) is 0 Å². The van der Waals surface area contributed by atoms with Gasteiger partial charge >= 0.3 is 0 Å². The van der Waals surface area contributed by atoms with Gasteiger partial charge in [-0.1, -0.05) is 43.9 Å². The van der Waals surface area contributed by atoms with E-state index >= 15 is 0 Å². The summed E-state index contributed by atoms with van der Waals surface area (Å²) in [5, 5.41) is 3.03. The molecule has 0 bridgehead atoms. The van der Waals surface area contributed by atoms with Crippen LogP contribution < -0.4 is 10.2 Å². The third kappa shape index (κ3) is 6.95. The van der Waals surface area contributed by atoms with E-state index in [9.17, 15) is 4.79 Å². The minimum Gasteiger partial charge on any atom is -0.369 e. The van der Waals surface area contributed by atoms with Gasteiger partial charge in [0.15, 0.2) is 0 Å². The van der Waals surface area contributed by atoms with E-state index in [2.05, 4.69) is 50.3 Å². The Morgan fingerprint density at radius 1 is 0.781 bits per heavy atom. The predicted octanol–water partition coefficient (Wildman–Crippen LogP) is 4.14. The van der Waals surface area contributed by atoms with Gasteiger partial charge in [-0.15, -0.1) is 0 Å². The van der Waals surface area contributed by atoms with E-state index in [4.69, 9.17) is 0 Å². The molecule has 0 atom stereocenters. The second kappa shape index (κ2) is 12.6. The van der Waals surface area contributed by atoms with Crippen LogP contribution in [0.4, 0.5) is 5.69 Å². The number of anilines is 1. The summed E-state index contributed by atoms with van der Waals surface area (Å²) in [4.78, 5) is 18.9. The average Bonchev–Trinajstić information content (AvgIpc) is 2.85. The summed E-state index contributed by atoms with van der Waals surface area (Å²) in [6, 6.07) is 12.1. The summed E-state index contributed by atoms with van der Waals surface area (Å²) in [5.41, 5.74) is 1.38. The first kappa shape index (κ1) is 23.6. The number of carbonyl (C=O) groups is 1. The normalized spacial score (nSPS) is 27.7. The van der Waals surface area contributed by atoms with E-state index in [1.54, 1.807) is 0 Å². The smallest absolute Gasteiger partial charge is 0.207 e. The lowest BCUT2D eigenvalue weighted by atomic mass is 9.90. The number of amides is 1. The largest absolute Gasteiger partial charge is 0.369 e. The number of benzene rings is 1. The molecule has 4 rings (SSSR count). The summed E-state index contributed by atoms with van der Waals surface area (Å²) in [7, 11) is 0. The molecule has 0 aromatic heterocycles. The Balaban J connectivity index is 1.15. The van der Waals surface area contributed by atoms with Crippen molar-refractivity contribution >= 4 is 12.1 Å². The van der Waals surface area contributed by atoms with Gasteiger partial charge in [-0.05, 0) is 69.7 Å². The number of hydrogen-bond acceptors (Lipinski definition) is 4. The van der Waals surface area contributed by atoms with Crippen LogP contribution in [0, 0.1) is 5.92 Å². The molecule has 5 nitrogen and oxygen atoms in total. The van der Waals surface area contributed by atoms with Gasteiger partial charge in [-0.25, -0.2) is 0 Å². The highest BCUT2D eigenvalue weighted by atomic mass is 16.1. The molecule has 178 valence electrons. The molecule has 1 aromatic rings. The van der Waals surface area contributed by atoms with Crippen LogP contribution >= 0.6 is 0 Å². The molecule has 0 radical (unpaired) electrons. The van der Waals surface area contributed by atoms with Crippen LogP contribution in [0.3, 0.4) is 0 Å². The Kier molecular flexibility index (Phi) is 9.28. The van der Waals surface area contributed by atoms with E-state index in [1.807, 2.05) is 0 Å². The molecule has 1 saturated carbocycles. The number of hydrogen-bond donors (Lipinski definition) is 1. The van der Waals surface area contributed by atoms with Crippen molar-refractivity contribution in [2.24, 2.45) is 5.92 Å². The number of para-hydroxylation sites is 1. The first-order valence-corrected chi connectivity index (χ1v) is 13.3. The van der Waals surface area contributed by atoms with Crippen LogP contribution in [0.2, 0.25) is 0 Å². The molecule has 0 unspecified atom stereocenters. The van der Waals surface area contributed by atoms with Crippen LogP contribution in [0.25, 0.3) is 0 Å². The van der Waals surface area contributed by atoms with Crippen molar-refractivity contribution in [2.45, 2.75) is 76.3 Å². The first-order valence-electron chi connectivity index (χ1n) is 13.3. The fraction of sp³-hybridized carbons (Fsp3) is 0.741. The molecule has 1 amide bonds. The Morgan fingerprint density at radius 2 is 1.41 bits per heavy atom. The second-order valence-corrected chi connectivity index (χ2v) is 10.3. The maximum atomic E-state index is 10.8. The molecular weight excluding hydrogens is 396 g/mol. The quantitative estimate of drug-likeness (QED) is 0.675. The van der Waals surface area contributed by atoms with Crippen molar-refractivity contribution in [3.05, 3.63) is 30.3 Å². The molecule has 32 heavy (non-hydrogen) atoms. The Hall–Kier alpha value is -1.59. The van der Waals surface area contributed by atoms with Crippen LogP contribution in [0.1, 0.15) is 64.2 Å². The number of piperazine rings is 1. The standard InChI is InChI=1S/C27H44N4O/c32-23-28-25-8-4-6-12-26(13-7-5-9-25)30-16-14-24(15-17-30)22-29-18-20-31(21-19-29)27-10-2-1-3-11-27/h1-3,10-11,23-26H,4-9,12-22H2,(H,28,32). The number of rotatable bonds is 6. The number of nitrogens with one attached hydrogen (secondary N) is 1. The Bertz CT molecular complexity index is 641. The van der Waals surface area contributed by atoms with E-state index in [1.165, 1.54) is 89.8 Å². The minimum atomic E-state index is 0.411. The average molecular weight is 441 g/mol. The van der Waals surface area contributed by atoms with E-state index in [-0.39, 0.29) is 0 Å². The molecule has 2 saturated heterocycles. The summed E-state index contributed by atoms with van der Waals surface area (Å²) >= 11 is 0. The van der Waals surface area contributed by atoms with Crippen molar-refractivity contribution in [3.8, 4) is 0 Å². The van der Waals surface area contributed by atoms with Gasteiger partial charge < -0.3 is 15.1 Å². The van der Waals surface area contributed by atoms with E-state index in [0.29, 0.717) is 6.04 Å². The zero-order valence-corrected chi connectivity index (χ0v) is 20.0. The molecule has 1 aromatic carbocycles. The summed E-state index contributed by atoms with van der Waals surface area (Å²) in [6.07, 6.45) is 13.8. The van der Waals surface area contributed by atoms with Gasteiger partial charge in [0, 0.05) is 50.5 Å². The fourth-order valence-electron chi connectivity index (χ4n) is 6.15. The van der Waals surface area contributed by atoms with Gasteiger partial charge in [0.1, 0.15) is 0 Å². The maximum Gasteiger partial charge on any atom is 0.207 e. The summed E-state index contributed by atoms with van der Waals surface area (Å²) in [5.74, 6) is 0.879. The highest BCUT2D eigenvalue weighted by Gasteiger charge is 2.27. The zero-order chi connectivity index (χ0) is 22.0. The number of nitrogens with zero attached hydrogens (tertiary/aromatic N) is 3. The summed E-state index contributed by atoms with van der Waals surface area (Å²) in [6.45, 7) is 8.63. The van der Waals surface area contributed by atoms with Gasteiger partial charge in [0.2, 0.25) is 6.41 Å². The van der Waals surface area contributed by atoms with E-state index in [0.717, 1.165) is 44.3 Å². The molecule has 1 N–H and O–H groups in total. The molecular formula is C27H44N4O. The molecule has 2 heterocycles. The van der Waals surface area contributed by atoms with Crippen molar-refractivity contribution in [1.29, 1.82) is 0 Å². The topological polar surface area (TPSA) is 38.8 Å². The minimum absolute atomic E-state index is 0.411. The zero-order valence-electron chi connectivity index (χ0n) is 20.0. The Labute approximate surface area is 195 Å². The van der Waals surface area contributed by atoms with Crippen molar-refractivity contribution < 1.29 is 4.79 Å². The maximum absolute atomic E-state index is 10.8. The monoisotopic (exact) mass is 440 g/mol. The van der Waals surface area contributed by atoms with Gasteiger partial charge in [-0.2, -0.15) is 0 Å². The third-order valence-corrected chi connectivity index (χ3v) is 8.16. The van der Waals surface area contributed by atoms with Crippen LogP contribution in [-0.2, 0) is 4.79 Å². The lowest BCUT2D eigenvalue weighted by Gasteiger charge is -2.41. The third-order valence-electron chi connectivity index (χ3n) is 8.16. The molecule has 5 heteroatoms.